The lowest BCUT2D eigenvalue weighted by Gasteiger charge is -2.22. The zero-order chi connectivity index (χ0) is 19.4. The molecule has 5 nitrogen and oxygen atoms in total. The van der Waals surface area contributed by atoms with E-state index < -0.39 is 0 Å². The van der Waals surface area contributed by atoms with Gasteiger partial charge >= 0.3 is 0 Å². The second-order valence-corrected chi connectivity index (χ2v) is 6.52. The van der Waals surface area contributed by atoms with E-state index >= 15 is 0 Å². The third kappa shape index (κ3) is 3.95. The molecule has 3 aromatic rings. The van der Waals surface area contributed by atoms with E-state index in [-0.39, 0.29) is 18.7 Å². The number of ether oxygens (including phenoxy) is 1. The molecular formula is C22H22N2O3. The molecule has 0 radical (unpaired) electrons. The highest BCUT2D eigenvalue weighted by Gasteiger charge is 2.19. The standard InChI is InChI=1S/C22H22N2O3/c1-15-5-6-18(11-16(15)2)24(10-4-9-23)22(25)12-17-14-27-21-13-19(26-3)7-8-20(17)21/h5-8,11,13-14H,4,10,12H2,1-3H3. The van der Waals surface area contributed by atoms with E-state index in [0.717, 1.165) is 22.2 Å². The summed E-state index contributed by atoms with van der Waals surface area (Å²) in [5.74, 6) is 0.646. The van der Waals surface area contributed by atoms with Crippen LogP contribution in [0.1, 0.15) is 23.1 Å². The Morgan fingerprint density at radius 1 is 1.19 bits per heavy atom. The van der Waals surface area contributed by atoms with Crippen molar-refractivity contribution in [1.82, 2.24) is 0 Å². The number of furan rings is 1. The lowest BCUT2D eigenvalue weighted by molar-refractivity contribution is -0.118. The lowest BCUT2D eigenvalue weighted by atomic mass is 10.1. The molecule has 138 valence electrons. The van der Waals surface area contributed by atoms with Crippen LogP contribution in [0.5, 0.6) is 5.75 Å². The minimum Gasteiger partial charge on any atom is -0.497 e. The number of fused-ring (bicyclic) bond motifs is 1. The smallest absolute Gasteiger partial charge is 0.231 e. The number of benzene rings is 2. The maximum Gasteiger partial charge on any atom is 0.231 e. The number of hydrogen-bond donors (Lipinski definition) is 0. The summed E-state index contributed by atoms with van der Waals surface area (Å²) in [7, 11) is 1.60. The molecule has 1 aromatic heterocycles. The van der Waals surface area contributed by atoms with Crippen LogP contribution in [0.4, 0.5) is 5.69 Å². The highest BCUT2D eigenvalue weighted by Crippen LogP contribution is 2.27. The third-order valence-corrected chi connectivity index (χ3v) is 4.75. The first-order chi connectivity index (χ1) is 13.0. The fourth-order valence-corrected chi connectivity index (χ4v) is 3.04. The zero-order valence-electron chi connectivity index (χ0n) is 15.8. The van der Waals surface area contributed by atoms with Crippen LogP contribution in [0.25, 0.3) is 11.0 Å². The quantitative estimate of drug-likeness (QED) is 0.645. The van der Waals surface area contributed by atoms with E-state index in [1.807, 2.05) is 44.2 Å². The summed E-state index contributed by atoms with van der Waals surface area (Å²) in [5.41, 5.74) is 4.60. The van der Waals surface area contributed by atoms with Gasteiger partial charge in [0.2, 0.25) is 5.91 Å². The summed E-state index contributed by atoms with van der Waals surface area (Å²) in [4.78, 5) is 14.7. The van der Waals surface area contributed by atoms with Crippen molar-refractivity contribution in [3.63, 3.8) is 0 Å². The molecule has 0 aliphatic heterocycles. The molecule has 0 bridgehead atoms. The van der Waals surface area contributed by atoms with Crippen LogP contribution in [0, 0.1) is 25.2 Å². The predicted octanol–water partition coefficient (Wildman–Crippen LogP) is 4.55. The van der Waals surface area contributed by atoms with Gasteiger partial charge in [-0.15, -0.1) is 0 Å². The fourth-order valence-electron chi connectivity index (χ4n) is 3.04. The van der Waals surface area contributed by atoms with Crippen molar-refractivity contribution in [3.8, 4) is 11.8 Å². The molecule has 0 atom stereocenters. The summed E-state index contributed by atoms with van der Waals surface area (Å²) in [5, 5.41) is 9.87. The number of carbonyl (C=O) groups excluding carboxylic acids is 1. The summed E-state index contributed by atoms with van der Waals surface area (Å²) < 4.78 is 10.8. The van der Waals surface area contributed by atoms with Gasteiger partial charge in [-0.2, -0.15) is 5.26 Å². The summed E-state index contributed by atoms with van der Waals surface area (Å²) >= 11 is 0. The van der Waals surface area contributed by atoms with Gasteiger partial charge in [-0.05, 0) is 49.2 Å². The molecular weight excluding hydrogens is 340 g/mol. The van der Waals surface area contributed by atoms with Crippen molar-refractivity contribution in [2.45, 2.75) is 26.7 Å². The summed E-state index contributed by atoms with van der Waals surface area (Å²) in [6.07, 6.45) is 2.10. The van der Waals surface area contributed by atoms with Gasteiger partial charge in [-0.3, -0.25) is 4.79 Å². The van der Waals surface area contributed by atoms with Crippen molar-refractivity contribution in [2.75, 3.05) is 18.6 Å². The normalized spacial score (nSPS) is 10.6. The minimum absolute atomic E-state index is 0.0629. The summed E-state index contributed by atoms with van der Waals surface area (Å²) in [6.45, 7) is 4.41. The van der Waals surface area contributed by atoms with Crippen LogP contribution >= 0.6 is 0 Å². The first-order valence-electron chi connectivity index (χ1n) is 8.82. The van der Waals surface area contributed by atoms with Crippen molar-refractivity contribution >= 4 is 22.6 Å². The number of carbonyl (C=O) groups is 1. The monoisotopic (exact) mass is 362 g/mol. The Labute approximate surface area is 158 Å². The highest BCUT2D eigenvalue weighted by molar-refractivity contribution is 5.97. The molecule has 0 unspecified atom stereocenters. The van der Waals surface area contributed by atoms with Gasteiger partial charge in [0.15, 0.2) is 0 Å². The lowest BCUT2D eigenvalue weighted by Crippen LogP contribution is -2.33. The average molecular weight is 362 g/mol. The Hall–Kier alpha value is -3.26. The number of rotatable bonds is 6. The molecule has 0 aliphatic carbocycles. The first-order valence-corrected chi connectivity index (χ1v) is 8.82. The number of anilines is 1. The maximum absolute atomic E-state index is 13.0. The second-order valence-electron chi connectivity index (χ2n) is 6.52. The number of nitrogens with zero attached hydrogens (tertiary/aromatic N) is 2. The molecule has 0 saturated carbocycles. The number of methoxy groups -OCH3 is 1. The first kappa shape index (κ1) is 18.5. The molecule has 0 aliphatic rings. The van der Waals surface area contributed by atoms with Crippen molar-refractivity contribution in [3.05, 3.63) is 59.4 Å². The Morgan fingerprint density at radius 2 is 2.00 bits per heavy atom. The molecule has 0 N–H and O–H groups in total. The molecule has 27 heavy (non-hydrogen) atoms. The van der Waals surface area contributed by atoms with Gasteiger partial charge in [0.05, 0.1) is 32.3 Å². The predicted molar refractivity (Wildman–Crippen MR) is 105 cm³/mol. The van der Waals surface area contributed by atoms with Crippen LogP contribution in [-0.4, -0.2) is 19.6 Å². The van der Waals surface area contributed by atoms with Gasteiger partial charge in [0, 0.05) is 29.2 Å². The number of hydrogen-bond acceptors (Lipinski definition) is 4. The highest BCUT2D eigenvalue weighted by atomic mass is 16.5. The molecule has 3 rings (SSSR count). The number of amides is 1. The van der Waals surface area contributed by atoms with Crippen LogP contribution in [0.2, 0.25) is 0 Å². The molecule has 1 heterocycles. The van der Waals surface area contributed by atoms with Gasteiger partial charge in [0.1, 0.15) is 11.3 Å². The van der Waals surface area contributed by atoms with Crippen molar-refractivity contribution < 1.29 is 13.9 Å². The average Bonchev–Trinajstić information content (AvgIpc) is 3.06. The van der Waals surface area contributed by atoms with E-state index in [1.54, 1.807) is 24.3 Å². The van der Waals surface area contributed by atoms with E-state index in [0.29, 0.717) is 17.9 Å². The second kappa shape index (κ2) is 7.96. The molecule has 0 fully saturated rings. The van der Waals surface area contributed by atoms with Crippen LogP contribution < -0.4 is 9.64 Å². The van der Waals surface area contributed by atoms with Gasteiger partial charge in [-0.25, -0.2) is 0 Å². The van der Waals surface area contributed by atoms with E-state index in [1.165, 1.54) is 5.56 Å². The molecule has 0 spiro atoms. The molecule has 1 amide bonds. The van der Waals surface area contributed by atoms with Crippen LogP contribution in [0.3, 0.4) is 0 Å². The Bertz CT molecular complexity index is 1010. The third-order valence-electron chi connectivity index (χ3n) is 4.75. The van der Waals surface area contributed by atoms with Crippen molar-refractivity contribution in [2.24, 2.45) is 0 Å². The minimum atomic E-state index is -0.0629. The zero-order valence-corrected chi connectivity index (χ0v) is 15.8. The molecule has 5 heteroatoms. The SMILES string of the molecule is COc1ccc2c(CC(=O)N(CCC#N)c3ccc(C)c(C)c3)coc2c1. The van der Waals surface area contributed by atoms with Gasteiger partial charge in [0.25, 0.3) is 0 Å². The van der Waals surface area contributed by atoms with Crippen LogP contribution in [0.15, 0.2) is 47.1 Å². The van der Waals surface area contributed by atoms with E-state index in [2.05, 4.69) is 6.07 Å². The largest absolute Gasteiger partial charge is 0.497 e. The van der Waals surface area contributed by atoms with E-state index in [9.17, 15) is 4.79 Å². The van der Waals surface area contributed by atoms with E-state index in [4.69, 9.17) is 14.4 Å². The maximum atomic E-state index is 13.0. The Kier molecular flexibility index (Phi) is 5.46. The summed E-state index contributed by atoms with van der Waals surface area (Å²) in [6, 6.07) is 13.6. The molecule has 0 saturated heterocycles. The van der Waals surface area contributed by atoms with Gasteiger partial charge < -0.3 is 14.1 Å². The topological polar surface area (TPSA) is 66.5 Å². The number of aryl methyl sites for hydroxylation is 2. The van der Waals surface area contributed by atoms with Gasteiger partial charge in [-0.1, -0.05) is 6.07 Å². The molecule has 2 aromatic carbocycles. The Morgan fingerprint density at radius 3 is 2.70 bits per heavy atom. The fraction of sp³-hybridized carbons (Fsp3) is 0.273. The van der Waals surface area contributed by atoms with Crippen molar-refractivity contribution in [1.29, 1.82) is 5.26 Å². The number of nitriles is 1. The Balaban J connectivity index is 1.88. The van der Waals surface area contributed by atoms with Crippen LogP contribution in [-0.2, 0) is 11.2 Å².